The number of pyridine rings is 5. The van der Waals surface area contributed by atoms with Gasteiger partial charge in [-0.15, -0.1) is 0 Å². The van der Waals surface area contributed by atoms with Crippen molar-refractivity contribution < 1.29 is 58.7 Å². The van der Waals surface area contributed by atoms with E-state index in [4.69, 9.17) is 9.47 Å². The summed E-state index contributed by atoms with van der Waals surface area (Å²) >= 11 is 0. The second-order valence-electron chi connectivity index (χ2n) is 24.5. The molecule has 0 atom stereocenters. The Morgan fingerprint density at radius 2 is 0.835 bits per heavy atom. The van der Waals surface area contributed by atoms with Crippen LogP contribution in [0.5, 0.6) is 11.5 Å². The van der Waals surface area contributed by atoms with E-state index in [2.05, 4.69) is 240 Å². The van der Waals surface area contributed by atoms with Gasteiger partial charge in [0.15, 0.2) is 31.0 Å². The maximum Gasteiger partial charge on any atom is 0.422 e. The van der Waals surface area contributed by atoms with E-state index in [1.54, 1.807) is 64.1 Å². The minimum absolute atomic E-state index is 0.365. The van der Waals surface area contributed by atoms with E-state index in [-0.39, 0.29) is 5.82 Å². The van der Waals surface area contributed by atoms with Crippen molar-refractivity contribution in [1.29, 1.82) is 0 Å². The monoisotopic (exact) mass is 1310 g/mol. The lowest BCUT2D eigenvalue weighted by Crippen LogP contribution is -2.32. The first-order valence-corrected chi connectivity index (χ1v) is 31.7. The molecule has 97 heavy (non-hydrogen) atoms. The summed E-state index contributed by atoms with van der Waals surface area (Å²) < 4.78 is 98.0. The van der Waals surface area contributed by atoms with Gasteiger partial charge >= 0.3 is 6.18 Å². The lowest BCUT2D eigenvalue weighted by atomic mass is 9.98. The van der Waals surface area contributed by atoms with Crippen molar-refractivity contribution in [3.63, 3.8) is 0 Å². The third-order valence-corrected chi connectivity index (χ3v) is 17.3. The Bertz CT molecular complexity index is 4990. The number of anilines is 1. The van der Waals surface area contributed by atoms with Gasteiger partial charge in [0, 0.05) is 67.3 Å². The van der Waals surface area contributed by atoms with E-state index < -0.39 is 23.4 Å². The summed E-state index contributed by atoms with van der Waals surface area (Å²) in [5.74, 6) is 0.0104. The minimum Gasteiger partial charge on any atom is -0.497 e. The number of fused-ring (bicyclic) bond motifs is 3. The zero-order chi connectivity index (χ0) is 70.0. The highest BCUT2D eigenvalue weighted by Crippen LogP contribution is 2.35. The molecule has 13 rings (SSSR count). The summed E-state index contributed by atoms with van der Waals surface area (Å²) in [6.07, 6.45) is 4.82. The Labute approximate surface area is 565 Å². The third kappa shape index (κ3) is 16.5. The van der Waals surface area contributed by atoms with Crippen molar-refractivity contribution in [2.75, 3.05) is 33.2 Å². The molecule has 0 aliphatic carbocycles. The zero-order valence-electron chi connectivity index (χ0n) is 57.7. The van der Waals surface area contributed by atoms with E-state index in [0.717, 1.165) is 24.1 Å². The molecule has 14 heteroatoms. The lowest BCUT2D eigenvalue weighted by molar-refractivity contribution is -0.661. The van der Waals surface area contributed by atoms with Crippen LogP contribution in [0.15, 0.2) is 231 Å². The van der Waals surface area contributed by atoms with Gasteiger partial charge in [-0.3, -0.25) is 0 Å². The molecule has 0 saturated heterocycles. The van der Waals surface area contributed by atoms with Crippen molar-refractivity contribution in [3.8, 4) is 67.8 Å². The molecular weight excluding hydrogens is 1230 g/mol. The van der Waals surface area contributed by atoms with E-state index in [0.29, 0.717) is 39.4 Å². The van der Waals surface area contributed by atoms with Crippen molar-refractivity contribution >= 4 is 38.0 Å². The number of hydrogen-bond donors (Lipinski definition) is 0. The summed E-state index contributed by atoms with van der Waals surface area (Å²) in [5.41, 5.74) is 16.9. The number of hydrogen-bond acceptors (Lipinski definition) is 3. The SMILES string of the molecule is COc1cc[n+](C)c(-c2c(C)cc(F)cc2F)c1.COc1ccc(C)c(-c2c3ccccc3cc[n+]2C)c1.Cc1cc(F)ccc1-c1ccc(C(F)(F)F)c[n+]1C.Cc1ccc(C)c(-c2c3ccccc3cc[n+]2C)c1.Cc1ccc(N(C)C)cc1-c1c2ccccc2cc[n+]1C. The zero-order valence-corrected chi connectivity index (χ0v) is 57.7. The van der Waals surface area contributed by atoms with Crippen molar-refractivity contribution in [2.24, 2.45) is 35.2 Å². The summed E-state index contributed by atoms with van der Waals surface area (Å²) in [4.78, 5) is 2.15. The topological polar surface area (TPSA) is 41.1 Å². The smallest absolute Gasteiger partial charge is 0.422 e. The molecule has 494 valence electrons. The second kappa shape index (κ2) is 30.8. The molecule has 0 amide bonds. The van der Waals surface area contributed by atoms with Crippen molar-refractivity contribution in [2.45, 2.75) is 47.7 Å². The number of aromatic nitrogens is 5. The van der Waals surface area contributed by atoms with Crippen LogP contribution >= 0.6 is 0 Å². The molecule has 0 bridgehead atoms. The number of halogens is 6. The fraction of sp³-hybridized carbons (Fsp3) is 0.193. The van der Waals surface area contributed by atoms with Gasteiger partial charge in [0.05, 0.1) is 53.1 Å². The van der Waals surface area contributed by atoms with E-state index in [1.165, 1.54) is 130 Å². The van der Waals surface area contributed by atoms with E-state index in [9.17, 15) is 26.3 Å². The van der Waals surface area contributed by atoms with Gasteiger partial charge in [-0.1, -0.05) is 84.4 Å². The first-order valence-electron chi connectivity index (χ1n) is 31.7. The average molecular weight is 1310 g/mol. The molecule has 0 saturated carbocycles. The Hall–Kier alpha value is -10.7. The van der Waals surface area contributed by atoms with Crippen LogP contribution in [0.2, 0.25) is 0 Å². The molecule has 8 nitrogen and oxygen atoms in total. The van der Waals surface area contributed by atoms with E-state index >= 15 is 0 Å². The molecule has 8 aromatic carbocycles. The minimum atomic E-state index is -4.37. The van der Waals surface area contributed by atoms with Crippen LogP contribution in [-0.2, 0) is 41.4 Å². The quantitative estimate of drug-likeness (QED) is 0.112. The fourth-order valence-corrected chi connectivity index (χ4v) is 12.0. The van der Waals surface area contributed by atoms with Crippen LogP contribution in [0, 0.1) is 59.0 Å². The van der Waals surface area contributed by atoms with E-state index in [1.807, 2.05) is 6.07 Å². The summed E-state index contributed by atoms with van der Waals surface area (Å²) in [6, 6.07) is 64.0. The van der Waals surface area contributed by atoms with Crippen LogP contribution in [0.4, 0.5) is 32.0 Å². The molecule has 0 aliphatic rings. The average Bonchev–Trinajstić information content (AvgIpc) is 0.803. The normalized spacial score (nSPS) is 10.9. The van der Waals surface area contributed by atoms with Crippen LogP contribution in [0.3, 0.4) is 0 Å². The third-order valence-electron chi connectivity index (χ3n) is 17.3. The molecule has 0 aliphatic heterocycles. The van der Waals surface area contributed by atoms with Crippen LogP contribution < -0.4 is 37.2 Å². The highest BCUT2D eigenvalue weighted by Gasteiger charge is 2.34. The Balaban J connectivity index is 0.000000142. The van der Waals surface area contributed by atoms with Gasteiger partial charge in [-0.25, -0.2) is 36.0 Å². The summed E-state index contributed by atoms with van der Waals surface area (Å²) in [6.45, 7) is 12.0. The van der Waals surface area contributed by atoms with Crippen molar-refractivity contribution in [1.82, 2.24) is 0 Å². The summed E-state index contributed by atoms with van der Waals surface area (Å²) in [7, 11) is 17.1. The molecule has 0 fully saturated rings. The molecule has 0 spiro atoms. The predicted molar refractivity (Wildman–Crippen MR) is 379 cm³/mol. The number of methoxy groups -OCH3 is 2. The number of ether oxygens (including phenoxy) is 2. The molecule has 0 unspecified atom stereocenters. The van der Waals surface area contributed by atoms with Gasteiger partial charge in [0.25, 0.3) is 0 Å². The van der Waals surface area contributed by atoms with Crippen LogP contribution in [0.1, 0.15) is 38.9 Å². The first-order chi connectivity index (χ1) is 46.3. The highest BCUT2D eigenvalue weighted by atomic mass is 19.4. The standard InChI is InChI=1S/C19H21N2.C18H18NO.C18H18N.C14H12F4N.C14H14F2NO/c1-14-9-10-16(20(2)3)13-18(14)19-17-8-6-5-7-15(17)11-12-21(19)4;1-13-8-9-15(20-3)12-17(13)18-16-7-5-4-6-14(16)10-11-19(18)2;1-13-8-9-14(2)17(12-13)18-16-7-5-4-6-15(16)10-11-19(18)3;1-9-7-11(15)4-5-12(9)13-6-3-10(8-19(13)2)14(16,17)18;1-9-6-10(15)7-12(16)14(9)13-8-11(18-3)4-5-17(13)2/h5-13H,1-4H3;4-12H,1-3H3;4-12H,1-3H3;3-8H,1-2H3;4-8H,1-3H3/q5*+1. The maximum atomic E-state index is 13.9. The van der Waals surface area contributed by atoms with Crippen molar-refractivity contribution in [3.05, 3.63) is 288 Å². The number of rotatable bonds is 8. The Morgan fingerprint density at radius 1 is 0.371 bits per heavy atom. The summed E-state index contributed by atoms with van der Waals surface area (Å²) in [5, 5.41) is 7.68. The van der Waals surface area contributed by atoms with Gasteiger partial charge < -0.3 is 14.4 Å². The Kier molecular flexibility index (Phi) is 22.4. The second-order valence-corrected chi connectivity index (χ2v) is 24.5. The lowest BCUT2D eigenvalue weighted by Gasteiger charge is -2.15. The number of benzene rings is 8. The molecule has 0 N–H and O–H groups in total. The molecule has 5 aromatic heterocycles. The number of aryl methyl sites for hydroxylation is 11. The first kappa shape index (κ1) is 70.6. The van der Waals surface area contributed by atoms with Gasteiger partial charge in [0.2, 0.25) is 28.5 Å². The molecule has 0 radical (unpaired) electrons. The fourth-order valence-electron chi connectivity index (χ4n) is 12.0. The number of nitrogens with zero attached hydrogens (tertiary/aromatic N) is 6. The van der Waals surface area contributed by atoms with Crippen LogP contribution in [0.25, 0.3) is 88.6 Å². The Morgan fingerprint density at radius 3 is 1.32 bits per heavy atom. The number of alkyl halides is 3. The molecule has 13 aromatic rings. The van der Waals surface area contributed by atoms with Crippen LogP contribution in [-0.4, -0.2) is 28.3 Å². The molecular formula is C83H83F6N6O2+5. The predicted octanol–water partition coefficient (Wildman–Crippen LogP) is 17.7. The molecule has 5 heterocycles. The van der Waals surface area contributed by atoms with Gasteiger partial charge in [0.1, 0.15) is 69.8 Å². The maximum absolute atomic E-state index is 13.9. The largest absolute Gasteiger partial charge is 0.497 e. The van der Waals surface area contributed by atoms with Gasteiger partial charge in [-0.05, 0) is 164 Å². The van der Waals surface area contributed by atoms with Gasteiger partial charge in [-0.2, -0.15) is 13.2 Å². The highest BCUT2D eigenvalue weighted by molar-refractivity contribution is 5.96.